The van der Waals surface area contributed by atoms with E-state index >= 15 is 0 Å². The van der Waals surface area contributed by atoms with Gasteiger partial charge in [-0.05, 0) is 38.3 Å². The number of rotatable bonds is 5. The lowest BCUT2D eigenvalue weighted by Gasteiger charge is -2.22. The van der Waals surface area contributed by atoms with Crippen LogP contribution in [0.1, 0.15) is 31.4 Å². The Bertz CT molecular complexity index is 332. The van der Waals surface area contributed by atoms with Gasteiger partial charge in [0.25, 0.3) is 0 Å². The van der Waals surface area contributed by atoms with E-state index in [-0.39, 0.29) is 5.91 Å². The Hall–Kier alpha value is -1.36. The summed E-state index contributed by atoms with van der Waals surface area (Å²) in [6, 6.07) is 1.76. The van der Waals surface area contributed by atoms with E-state index in [4.69, 9.17) is 4.52 Å². The zero-order valence-electron chi connectivity index (χ0n) is 9.95. The summed E-state index contributed by atoms with van der Waals surface area (Å²) in [6.45, 7) is 2.63. The lowest BCUT2D eigenvalue weighted by Crippen LogP contribution is -2.31. The standard InChI is InChI=1S/C12H19N3O2/c16-12(14-9-11-5-7-17-15-11)4-3-10-2-1-6-13-8-10/h5,7,10,13H,1-4,6,8-9H2,(H,14,16). The van der Waals surface area contributed by atoms with Gasteiger partial charge in [-0.25, -0.2) is 0 Å². The van der Waals surface area contributed by atoms with Crippen molar-refractivity contribution in [2.45, 2.75) is 32.2 Å². The quantitative estimate of drug-likeness (QED) is 0.804. The van der Waals surface area contributed by atoms with Crippen molar-refractivity contribution in [3.63, 3.8) is 0 Å². The van der Waals surface area contributed by atoms with E-state index in [0.29, 0.717) is 18.9 Å². The largest absolute Gasteiger partial charge is 0.364 e. The molecule has 5 heteroatoms. The number of hydrogen-bond donors (Lipinski definition) is 2. The van der Waals surface area contributed by atoms with E-state index in [2.05, 4.69) is 15.8 Å². The van der Waals surface area contributed by atoms with Gasteiger partial charge in [0, 0.05) is 12.5 Å². The molecule has 17 heavy (non-hydrogen) atoms. The summed E-state index contributed by atoms with van der Waals surface area (Å²) in [5.41, 5.74) is 0.762. The van der Waals surface area contributed by atoms with Crippen molar-refractivity contribution in [1.29, 1.82) is 0 Å². The normalized spacial score (nSPS) is 20.1. The molecule has 1 saturated heterocycles. The molecule has 1 unspecified atom stereocenters. The molecular weight excluding hydrogens is 218 g/mol. The molecule has 1 aromatic heterocycles. The highest BCUT2D eigenvalue weighted by molar-refractivity contribution is 5.75. The number of amides is 1. The minimum absolute atomic E-state index is 0.0959. The molecule has 1 atom stereocenters. The van der Waals surface area contributed by atoms with E-state index in [1.165, 1.54) is 19.1 Å². The predicted molar refractivity (Wildman–Crippen MR) is 63.2 cm³/mol. The molecule has 1 aromatic rings. The fraction of sp³-hybridized carbons (Fsp3) is 0.667. The van der Waals surface area contributed by atoms with Gasteiger partial charge in [0.15, 0.2) is 0 Å². The highest BCUT2D eigenvalue weighted by atomic mass is 16.5. The van der Waals surface area contributed by atoms with Gasteiger partial charge >= 0.3 is 0 Å². The molecule has 2 heterocycles. The lowest BCUT2D eigenvalue weighted by molar-refractivity contribution is -0.121. The van der Waals surface area contributed by atoms with E-state index in [1.54, 1.807) is 6.07 Å². The number of hydrogen-bond acceptors (Lipinski definition) is 4. The van der Waals surface area contributed by atoms with Crippen LogP contribution in [-0.2, 0) is 11.3 Å². The van der Waals surface area contributed by atoms with E-state index in [0.717, 1.165) is 25.2 Å². The molecule has 2 N–H and O–H groups in total. The Morgan fingerprint density at radius 1 is 1.65 bits per heavy atom. The molecule has 1 fully saturated rings. The number of piperidine rings is 1. The summed E-state index contributed by atoms with van der Waals surface area (Å²) in [5.74, 6) is 0.750. The van der Waals surface area contributed by atoms with Gasteiger partial charge in [-0.15, -0.1) is 0 Å². The summed E-state index contributed by atoms with van der Waals surface area (Å²) in [7, 11) is 0. The highest BCUT2D eigenvalue weighted by Crippen LogP contribution is 2.15. The molecule has 0 radical (unpaired) electrons. The van der Waals surface area contributed by atoms with Crippen molar-refractivity contribution in [3.8, 4) is 0 Å². The maximum atomic E-state index is 11.6. The predicted octanol–water partition coefficient (Wildman–Crippen LogP) is 1.07. The Balaban J connectivity index is 1.60. The molecule has 0 spiro atoms. The third kappa shape index (κ3) is 4.19. The fourth-order valence-corrected chi connectivity index (χ4v) is 2.11. The van der Waals surface area contributed by atoms with Crippen LogP contribution < -0.4 is 10.6 Å². The number of carbonyl (C=O) groups is 1. The van der Waals surface area contributed by atoms with E-state index in [9.17, 15) is 4.79 Å². The molecule has 1 amide bonds. The third-order valence-corrected chi connectivity index (χ3v) is 3.14. The van der Waals surface area contributed by atoms with Crippen molar-refractivity contribution < 1.29 is 9.32 Å². The van der Waals surface area contributed by atoms with Gasteiger partial charge in [0.05, 0.1) is 6.54 Å². The summed E-state index contributed by atoms with van der Waals surface area (Å²) in [6.07, 6.45) is 5.55. The fourth-order valence-electron chi connectivity index (χ4n) is 2.11. The van der Waals surface area contributed by atoms with E-state index < -0.39 is 0 Å². The van der Waals surface area contributed by atoms with Crippen molar-refractivity contribution >= 4 is 5.91 Å². The number of aromatic nitrogens is 1. The van der Waals surface area contributed by atoms with Gasteiger partial charge in [0.1, 0.15) is 12.0 Å². The minimum Gasteiger partial charge on any atom is -0.364 e. The number of nitrogens with zero attached hydrogens (tertiary/aromatic N) is 1. The summed E-state index contributed by atoms with van der Waals surface area (Å²) in [4.78, 5) is 11.6. The molecule has 5 nitrogen and oxygen atoms in total. The summed E-state index contributed by atoms with van der Waals surface area (Å²) >= 11 is 0. The average Bonchev–Trinajstić information content (AvgIpc) is 2.88. The van der Waals surface area contributed by atoms with Crippen molar-refractivity contribution in [3.05, 3.63) is 18.0 Å². The van der Waals surface area contributed by atoms with Crippen molar-refractivity contribution in [2.75, 3.05) is 13.1 Å². The maximum absolute atomic E-state index is 11.6. The van der Waals surface area contributed by atoms with Crippen molar-refractivity contribution in [1.82, 2.24) is 15.8 Å². The molecule has 2 rings (SSSR count). The topological polar surface area (TPSA) is 67.2 Å². The third-order valence-electron chi connectivity index (χ3n) is 3.14. The van der Waals surface area contributed by atoms with Gasteiger partial charge in [0.2, 0.25) is 5.91 Å². The first-order chi connectivity index (χ1) is 8.34. The Labute approximate surface area is 101 Å². The van der Waals surface area contributed by atoms with E-state index in [1.807, 2.05) is 0 Å². The SMILES string of the molecule is O=C(CCC1CCCNC1)NCc1ccon1. The van der Waals surface area contributed by atoms with Crippen LogP contribution in [0.4, 0.5) is 0 Å². The number of carbonyl (C=O) groups excluding carboxylic acids is 1. The second-order valence-electron chi connectivity index (χ2n) is 4.52. The monoisotopic (exact) mass is 237 g/mol. The second-order valence-corrected chi connectivity index (χ2v) is 4.52. The van der Waals surface area contributed by atoms with Crippen LogP contribution in [0.25, 0.3) is 0 Å². The van der Waals surface area contributed by atoms with Crippen LogP contribution in [0.3, 0.4) is 0 Å². The van der Waals surface area contributed by atoms with Crippen LogP contribution in [0.5, 0.6) is 0 Å². The minimum atomic E-state index is 0.0959. The van der Waals surface area contributed by atoms with Crippen LogP contribution in [-0.4, -0.2) is 24.2 Å². The average molecular weight is 237 g/mol. The molecule has 0 bridgehead atoms. The number of nitrogens with one attached hydrogen (secondary N) is 2. The molecule has 0 saturated carbocycles. The van der Waals surface area contributed by atoms with Crippen molar-refractivity contribution in [2.24, 2.45) is 5.92 Å². The van der Waals surface area contributed by atoms with Crippen LogP contribution >= 0.6 is 0 Å². The molecule has 1 aliphatic heterocycles. The molecule has 1 aliphatic rings. The van der Waals surface area contributed by atoms with Gasteiger partial charge in [-0.3, -0.25) is 4.79 Å². The first-order valence-electron chi connectivity index (χ1n) is 6.21. The first-order valence-corrected chi connectivity index (χ1v) is 6.21. The zero-order valence-corrected chi connectivity index (χ0v) is 9.95. The first kappa shape index (κ1) is 12.1. The molecular formula is C12H19N3O2. The zero-order chi connectivity index (χ0) is 11.9. The van der Waals surface area contributed by atoms with Gasteiger partial charge in [-0.2, -0.15) is 0 Å². The van der Waals surface area contributed by atoms with Crippen LogP contribution in [0, 0.1) is 5.92 Å². The second kappa shape index (κ2) is 6.39. The van der Waals surface area contributed by atoms with Gasteiger partial charge in [-0.1, -0.05) is 5.16 Å². The Kier molecular flexibility index (Phi) is 4.55. The molecule has 0 aliphatic carbocycles. The van der Waals surface area contributed by atoms with Crippen LogP contribution in [0.2, 0.25) is 0 Å². The van der Waals surface area contributed by atoms with Gasteiger partial charge < -0.3 is 15.2 Å². The summed E-state index contributed by atoms with van der Waals surface area (Å²) < 4.78 is 4.69. The summed E-state index contributed by atoms with van der Waals surface area (Å²) in [5, 5.41) is 9.94. The lowest BCUT2D eigenvalue weighted by atomic mass is 9.94. The Morgan fingerprint density at radius 2 is 2.59 bits per heavy atom. The van der Waals surface area contributed by atoms with Crippen LogP contribution in [0.15, 0.2) is 16.9 Å². The molecule has 0 aromatic carbocycles. The maximum Gasteiger partial charge on any atom is 0.220 e. The molecule has 94 valence electrons. The Morgan fingerprint density at radius 3 is 3.29 bits per heavy atom. The highest BCUT2D eigenvalue weighted by Gasteiger charge is 2.14. The smallest absolute Gasteiger partial charge is 0.220 e.